The second-order valence-corrected chi connectivity index (χ2v) is 8.01. The van der Waals surface area contributed by atoms with E-state index < -0.39 is 0 Å². The van der Waals surface area contributed by atoms with E-state index in [1.165, 1.54) is 18.2 Å². The molecular weight excluding hydrogens is 344 g/mol. The third-order valence-electron chi connectivity index (χ3n) is 5.97. The fraction of sp³-hybridized carbons (Fsp3) is 0.789. The number of unbranched alkanes of at least 4 members (excludes halogenated alkanes) is 1. The zero-order valence-electron chi connectivity index (χ0n) is 16.5. The van der Waals surface area contributed by atoms with Crippen LogP contribution in [0.4, 0.5) is 0 Å². The van der Waals surface area contributed by atoms with Crippen LogP contribution >= 0.6 is 0 Å². The van der Waals surface area contributed by atoms with Gasteiger partial charge in [-0.3, -0.25) is 9.59 Å². The van der Waals surface area contributed by atoms with Gasteiger partial charge in [-0.1, -0.05) is 18.6 Å². The Hall–Kier alpha value is -1.96. The van der Waals surface area contributed by atoms with Gasteiger partial charge < -0.3 is 15.5 Å². The van der Waals surface area contributed by atoms with Crippen molar-refractivity contribution in [2.24, 2.45) is 11.8 Å². The SMILES string of the molecule is CCCCc1cn(C[C@H]2C[C@@H]3CC[NH+]2C[C@@H]3C(=O)NCCNC(C)=O)nn1. The third-order valence-corrected chi connectivity index (χ3v) is 5.97. The van der Waals surface area contributed by atoms with E-state index in [1.54, 1.807) is 0 Å². The number of fused-ring (bicyclic) bond motifs is 3. The van der Waals surface area contributed by atoms with Gasteiger partial charge in [-0.25, -0.2) is 4.68 Å². The van der Waals surface area contributed by atoms with Crippen molar-refractivity contribution in [1.82, 2.24) is 25.6 Å². The number of nitrogens with zero attached hydrogens (tertiary/aromatic N) is 3. The molecule has 2 amide bonds. The smallest absolute Gasteiger partial charge is 0.229 e. The lowest BCUT2D eigenvalue weighted by molar-refractivity contribution is -0.945. The van der Waals surface area contributed by atoms with Gasteiger partial charge in [0.05, 0.1) is 31.2 Å². The molecule has 27 heavy (non-hydrogen) atoms. The van der Waals surface area contributed by atoms with E-state index in [0.29, 0.717) is 25.0 Å². The highest BCUT2D eigenvalue weighted by atomic mass is 16.2. The van der Waals surface area contributed by atoms with E-state index >= 15 is 0 Å². The minimum Gasteiger partial charge on any atom is -0.355 e. The maximum absolute atomic E-state index is 12.5. The molecule has 1 aromatic rings. The van der Waals surface area contributed by atoms with Gasteiger partial charge >= 0.3 is 0 Å². The Kier molecular flexibility index (Phi) is 6.82. The first-order valence-electron chi connectivity index (χ1n) is 10.3. The van der Waals surface area contributed by atoms with Crippen molar-refractivity contribution in [1.29, 1.82) is 0 Å². The average molecular weight is 378 g/mol. The monoisotopic (exact) mass is 377 g/mol. The molecule has 2 bridgehead atoms. The zero-order chi connectivity index (χ0) is 19.2. The molecule has 3 fully saturated rings. The maximum atomic E-state index is 12.5. The normalized spacial score (nSPS) is 26.7. The Morgan fingerprint density at radius 1 is 1.33 bits per heavy atom. The number of aromatic nitrogens is 3. The molecule has 0 radical (unpaired) electrons. The zero-order valence-corrected chi connectivity index (χ0v) is 16.5. The van der Waals surface area contributed by atoms with Crippen LogP contribution in [0.5, 0.6) is 0 Å². The summed E-state index contributed by atoms with van der Waals surface area (Å²) in [6.45, 7) is 7.60. The highest BCUT2D eigenvalue weighted by Crippen LogP contribution is 2.27. The minimum atomic E-state index is -0.0645. The highest BCUT2D eigenvalue weighted by molar-refractivity contribution is 5.79. The molecule has 1 aromatic heterocycles. The quantitative estimate of drug-likeness (QED) is 0.490. The van der Waals surface area contributed by atoms with Crippen LogP contribution in [0.3, 0.4) is 0 Å². The summed E-state index contributed by atoms with van der Waals surface area (Å²) >= 11 is 0. The van der Waals surface area contributed by atoms with E-state index in [1.807, 2.05) is 4.68 Å². The summed E-state index contributed by atoms with van der Waals surface area (Å²) in [5.74, 6) is 0.628. The van der Waals surface area contributed by atoms with Crippen molar-refractivity contribution in [3.63, 3.8) is 0 Å². The molecule has 0 saturated carbocycles. The van der Waals surface area contributed by atoms with Crippen molar-refractivity contribution in [2.75, 3.05) is 26.2 Å². The number of carbonyl (C=O) groups is 2. The lowest BCUT2D eigenvalue weighted by Gasteiger charge is -2.46. The molecule has 3 saturated heterocycles. The number of carbonyl (C=O) groups excluding carboxylic acids is 2. The molecule has 8 nitrogen and oxygen atoms in total. The van der Waals surface area contributed by atoms with Crippen LogP contribution in [0.1, 0.15) is 45.2 Å². The molecule has 0 spiro atoms. The van der Waals surface area contributed by atoms with E-state index in [-0.39, 0.29) is 17.7 Å². The summed E-state index contributed by atoms with van der Waals surface area (Å²) in [6.07, 6.45) is 7.60. The van der Waals surface area contributed by atoms with Crippen molar-refractivity contribution in [2.45, 2.75) is 58.5 Å². The first-order valence-corrected chi connectivity index (χ1v) is 10.3. The fourth-order valence-electron chi connectivity index (χ4n) is 4.50. The summed E-state index contributed by atoms with van der Waals surface area (Å²) in [7, 11) is 0. The van der Waals surface area contributed by atoms with Crippen molar-refractivity contribution >= 4 is 11.8 Å². The van der Waals surface area contributed by atoms with Gasteiger partial charge in [-0.15, -0.1) is 5.10 Å². The first kappa shape index (κ1) is 19.8. The van der Waals surface area contributed by atoms with Gasteiger partial charge in [0.25, 0.3) is 0 Å². The number of rotatable bonds is 9. The predicted molar refractivity (Wildman–Crippen MR) is 101 cm³/mol. The first-order chi connectivity index (χ1) is 13.1. The third kappa shape index (κ3) is 5.28. The molecule has 8 heteroatoms. The standard InChI is InChI=1S/C19H32N6O2/c1-3-4-5-16-11-25(23-22-16)12-17-10-15-6-9-24(17)13-18(15)19(27)21-8-7-20-14(2)26/h11,15,17-18H,3-10,12-13H2,1-2H3,(H,20,26)(H,21,27)/p+1/t15-,17+,18-/m0/s1. The number of hydrogen-bond donors (Lipinski definition) is 3. The number of quaternary nitrogens is 1. The number of aryl methyl sites for hydroxylation is 1. The Morgan fingerprint density at radius 3 is 2.85 bits per heavy atom. The summed E-state index contributed by atoms with van der Waals surface area (Å²) in [6, 6.07) is 0.521. The van der Waals surface area contributed by atoms with Gasteiger partial charge in [-0.2, -0.15) is 0 Å². The Morgan fingerprint density at radius 2 is 2.15 bits per heavy atom. The van der Waals surface area contributed by atoms with Crippen LogP contribution in [0.2, 0.25) is 0 Å². The van der Waals surface area contributed by atoms with E-state index in [9.17, 15) is 9.59 Å². The number of hydrogen-bond acceptors (Lipinski definition) is 4. The molecule has 0 aromatic carbocycles. The summed E-state index contributed by atoms with van der Waals surface area (Å²) < 4.78 is 1.99. The molecule has 0 aliphatic carbocycles. The summed E-state index contributed by atoms with van der Waals surface area (Å²) in [4.78, 5) is 25.0. The van der Waals surface area contributed by atoms with Crippen LogP contribution in [-0.4, -0.2) is 59.0 Å². The lowest BCUT2D eigenvalue weighted by atomic mass is 9.75. The van der Waals surface area contributed by atoms with Gasteiger partial charge in [-0.05, 0) is 18.8 Å². The molecule has 1 unspecified atom stereocenters. The summed E-state index contributed by atoms with van der Waals surface area (Å²) in [5, 5.41) is 14.3. The number of amides is 2. The van der Waals surface area contributed by atoms with Gasteiger partial charge in [0.1, 0.15) is 6.04 Å². The van der Waals surface area contributed by atoms with Crippen molar-refractivity contribution in [3.8, 4) is 0 Å². The van der Waals surface area contributed by atoms with E-state index in [2.05, 4.69) is 34.1 Å². The van der Waals surface area contributed by atoms with Gasteiger partial charge in [0.15, 0.2) is 0 Å². The van der Waals surface area contributed by atoms with Crippen LogP contribution in [0.15, 0.2) is 6.20 Å². The molecule has 3 aliphatic rings. The van der Waals surface area contributed by atoms with Crippen molar-refractivity contribution < 1.29 is 14.5 Å². The lowest BCUT2D eigenvalue weighted by Crippen LogP contribution is -3.20. The topological polar surface area (TPSA) is 93.3 Å². The average Bonchev–Trinajstić information content (AvgIpc) is 3.11. The Labute approximate surface area is 161 Å². The Bertz CT molecular complexity index is 646. The van der Waals surface area contributed by atoms with Crippen LogP contribution in [-0.2, 0) is 22.6 Å². The van der Waals surface area contributed by atoms with Crippen LogP contribution < -0.4 is 15.5 Å². The molecule has 4 rings (SSSR count). The van der Waals surface area contributed by atoms with Crippen LogP contribution in [0, 0.1) is 11.8 Å². The van der Waals surface area contributed by atoms with Gasteiger partial charge in [0, 0.05) is 39.1 Å². The largest absolute Gasteiger partial charge is 0.355 e. The van der Waals surface area contributed by atoms with E-state index in [4.69, 9.17) is 0 Å². The number of nitrogens with one attached hydrogen (secondary N) is 3. The van der Waals surface area contributed by atoms with Crippen molar-refractivity contribution in [3.05, 3.63) is 11.9 Å². The fourth-order valence-corrected chi connectivity index (χ4v) is 4.50. The molecule has 150 valence electrons. The molecule has 3 aliphatic heterocycles. The van der Waals surface area contributed by atoms with E-state index in [0.717, 1.165) is 51.0 Å². The highest BCUT2D eigenvalue weighted by Gasteiger charge is 2.46. The molecule has 4 heterocycles. The minimum absolute atomic E-state index is 0.0645. The maximum Gasteiger partial charge on any atom is 0.229 e. The Balaban J connectivity index is 1.47. The molecule has 4 atom stereocenters. The van der Waals surface area contributed by atoms with Gasteiger partial charge in [0.2, 0.25) is 11.8 Å². The van der Waals surface area contributed by atoms with Crippen LogP contribution in [0.25, 0.3) is 0 Å². The predicted octanol–water partition coefficient (Wildman–Crippen LogP) is -0.834. The number of piperidine rings is 3. The summed E-state index contributed by atoms with van der Waals surface area (Å²) in [5.41, 5.74) is 1.08. The second kappa shape index (κ2) is 9.30. The molecular formula is C19H33N6O2+. The second-order valence-electron chi connectivity index (χ2n) is 8.01. The molecule has 3 N–H and O–H groups in total.